The summed E-state index contributed by atoms with van der Waals surface area (Å²) >= 11 is 6.08. The third-order valence-electron chi connectivity index (χ3n) is 2.92. The highest BCUT2D eigenvalue weighted by Crippen LogP contribution is 2.28. The van der Waals surface area contributed by atoms with Crippen molar-refractivity contribution in [2.75, 3.05) is 7.11 Å². The van der Waals surface area contributed by atoms with E-state index in [1.807, 2.05) is 24.3 Å². The summed E-state index contributed by atoms with van der Waals surface area (Å²) in [6.07, 6.45) is 0. The number of hydrogen-bond donors (Lipinski definition) is 0. The number of rotatable bonds is 2. The summed E-state index contributed by atoms with van der Waals surface area (Å²) in [5.74, 6) is -0.0105. The number of aromatic nitrogens is 1. The van der Waals surface area contributed by atoms with Gasteiger partial charge in [-0.2, -0.15) is 0 Å². The first-order valence-electron chi connectivity index (χ1n) is 5.93. The summed E-state index contributed by atoms with van der Waals surface area (Å²) in [7, 11) is 1.31. The molecule has 1 aromatic heterocycles. The Hall–Kier alpha value is -2.33. The SMILES string of the molecule is COC(=O)c1ccc(-c2nc3ccccc3o2)cc1Cl. The number of hydrogen-bond acceptors (Lipinski definition) is 4. The smallest absolute Gasteiger partial charge is 0.339 e. The van der Waals surface area contributed by atoms with Gasteiger partial charge in [-0.15, -0.1) is 0 Å². The van der Waals surface area contributed by atoms with Crippen molar-refractivity contribution < 1.29 is 13.9 Å². The Kier molecular flexibility index (Phi) is 3.16. The molecule has 4 nitrogen and oxygen atoms in total. The lowest BCUT2D eigenvalue weighted by molar-refractivity contribution is 0.0601. The summed E-state index contributed by atoms with van der Waals surface area (Å²) in [4.78, 5) is 15.9. The molecule has 0 aliphatic rings. The Bertz CT molecular complexity index is 762. The summed E-state index contributed by atoms with van der Waals surface area (Å²) in [6.45, 7) is 0. The number of methoxy groups -OCH3 is 1. The number of esters is 1. The van der Waals surface area contributed by atoms with Crippen LogP contribution in [0.2, 0.25) is 5.02 Å². The van der Waals surface area contributed by atoms with Gasteiger partial charge < -0.3 is 9.15 Å². The maximum absolute atomic E-state index is 11.5. The second kappa shape index (κ2) is 4.98. The van der Waals surface area contributed by atoms with Crippen molar-refractivity contribution in [2.24, 2.45) is 0 Å². The minimum absolute atomic E-state index is 0.302. The maximum Gasteiger partial charge on any atom is 0.339 e. The van der Waals surface area contributed by atoms with Crippen LogP contribution in [0.5, 0.6) is 0 Å². The highest BCUT2D eigenvalue weighted by molar-refractivity contribution is 6.33. The second-order valence-corrected chi connectivity index (χ2v) is 4.58. The van der Waals surface area contributed by atoms with Crippen LogP contribution in [0.3, 0.4) is 0 Å². The van der Waals surface area contributed by atoms with Crippen LogP contribution in [0.4, 0.5) is 0 Å². The Labute approximate surface area is 119 Å². The van der Waals surface area contributed by atoms with E-state index in [1.165, 1.54) is 7.11 Å². The fraction of sp³-hybridized carbons (Fsp3) is 0.0667. The molecule has 1 heterocycles. The molecule has 0 spiro atoms. The predicted molar refractivity (Wildman–Crippen MR) is 75.8 cm³/mol. The van der Waals surface area contributed by atoms with Crippen LogP contribution in [0.1, 0.15) is 10.4 Å². The van der Waals surface area contributed by atoms with Gasteiger partial charge >= 0.3 is 5.97 Å². The number of nitrogens with zero attached hydrogens (tertiary/aromatic N) is 1. The first kappa shape index (κ1) is 12.7. The van der Waals surface area contributed by atoms with E-state index < -0.39 is 5.97 Å². The molecule has 20 heavy (non-hydrogen) atoms. The van der Waals surface area contributed by atoms with Gasteiger partial charge in [-0.3, -0.25) is 0 Å². The molecule has 0 atom stereocenters. The van der Waals surface area contributed by atoms with Crippen LogP contribution in [-0.2, 0) is 4.74 Å². The zero-order valence-corrected chi connectivity index (χ0v) is 11.3. The van der Waals surface area contributed by atoms with Crippen LogP contribution in [0.25, 0.3) is 22.6 Å². The minimum Gasteiger partial charge on any atom is -0.465 e. The van der Waals surface area contributed by atoms with Gasteiger partial charge in [0.15, 0.2) is 5.58 Å². The Morgan fingerprint density at radius 3 is 2.75 bits per heavy atom. The van der Waals surface area contributed by atoms with Gasteiger partial charge in [0.25, 0.3) is 0 Å². The number of fused-ring (bicyclic) bond motifs is 1. The average molecular weight is 288 g/mol. The molecule has 0 saturated carbocycles. The van der Waals surface area contributed by atoms with Gasteiger partial charge in [0.2, 0.25) is 5.89 Å². The van der Waals surface area contributed by atoms with Crippen molar-refractivity contribution in [1.29, 1.82) is 0 Å². The number of halogens is 1. The van der Waals surface area contributed by atoms with Crippen molar-refractivity contribution in [1.82, 2.24) is 4.98 Å². The zero-order valence-electron chi connectivity index (χ0n) is 10.6. The molecule has 100 valence electrons. The average Bonchev–Trinajstić information content (AvgIpc) is 2.90. The summed E-state index contributed by atoms with van der Waals surface area (Å²) in [6, 6.07) is 12.4. The quantitative estimate of drug-likeness (QED) is 0.670. The first-order chi connectivity index (χ1) is 9.69. The van der Waals surface area contributed by atoms with E-state index in [4.69, 9.17) is 16.0 Å². The van der Waals surface area contributed by atoms with Crippen molar-refractivity contribution in [3.05, 3.63) is 53.1 Å². The first-order valence-corrected chi connectivity index (χ1v) is 6.30. The molecule has 3 aromatic rings. The van der Waals surface area contributed by atoms with Gasteiger partial charge in [0.05, 0.1) is 17.7 Å². The fourth-order valence-electron chi connectivity index (χ4n) is 1.92. The highest BCUT2D eigenvalue weighted by Gasteiger charge is 2.14. The molecule has 0 radical (unpaired) electrons. The molecule has 0 N–H and O–H groups in total. The molecule has 0 fully saturated rings. The summed E-state index contributed by atoms with van der Waals surface area (Å²) < 4.78 is 10.3. The van der Waals surface area contributed by atoms with Crippen LogP contribution < -0.4 is 0 Å². The topological polar surface area (TPSA) is 52.3 Å². The zero-order chi connectivity index (χ0) is 14.1. The van der Waals surface area contributed by atoms with Gasteiger partial charge in [-0.1, -0.05) is 23.7 Å². The number of oxazole rings is 1. The maximum atomic E-state index is 11.5. The minimum atomic E-state index is -0.473. The third-order valence-corrected chi connectivity index (χ3v) is 3.23. The van der Waals surface area contributed by atoms with Crippen LogP contribution in [0.15, 0.2) is 46.9 Å². The molecular formula is C15H10ClNO3. The van der Waals surface area contributed by atoms with Gasteiger partial charge in [0, 0.05) is 5.56 Å². The van der Waals surface area contributed by atoms with E-state index >= 15 is 0 Å². The molecule has 3 rings (SSSR count). The Morgan fingerprint density at radius 1 is 1.25 bits per heavy atom. The lowest BCUT2D eigenvalue weighted by atomic mass is 10.1. The van der Waals surface area contributed by atoms with Crippen LogP contribution >= 0.6 is 11.6 Å². The van der Waals surface area contributed by atoms with E-state index in [0.29, 0.717) is 27.6 Å². The van der Waals surface area contributed by atoms with E-state index in [1.54, 1.807) is 18.2 Å². The molecule has 0 amide bonds. The number of carbonyl (C=O) groups is 1. The van der Waals surface area contributed by atoms with Crippen LogP contribution in [-0.4, -0.2) is 18.1 Å². The predicted octanol–water partition coefficient (Wildman–Crippen LogP) is 3.93. The molecule has 0 bridgehead atoms. The molecule has 0 unspecified atom stereocenters. The number of benzene rings is 2. The highest BCUT2D eigenvalue weighted by atomic mass is 35.5. The third kappa shape index (κ3) is 2.14. The largest absolute Gasteiger partial charge is 0.465 e. The monoisotopic (exact) mass is 287 g/mol. The fourth-order valence-corrected chi connectivity index (χ4v) is 2.18. The molecular weight excluding hydrogens is 278 g/mol. The molecule has 2 aromatic carbocycles. The molecule has 5 heteroatoms. The number of para-hydroxylation sites is 2. The number of carbonyl (C=O) groups excluding carboxylic acids is 1. The lowest BCUT2D eigenvalue weighted by Gasteiger charge is -2.03. The van der Waals surface area contributed by atoms with Crippen molar-refractivity contribution in [3.63, 3.8) is 0 Å². The van der Waals surface area contributed by atoms with Crippen molar-refractivity contribution in [3.8, 4) is 11.5 Å². The van der Waals surface area contributed by atoms with Gasteiger partial charge in [-0.25, -0.2) is 9.78 Å². The van der Waals surface area contributed by atoms with E-state index in [-0.39, 0.29) is 0 Å². The standard InChI is InChI=1S/C15H10ClNO3/c1-19-15(18)10-7-6-9(8-11(10)16)14-17-12-4-2-3-5-13(12)20-14/h2-8H,1H3. The second-order valence-electron chi connectivity index (χ2n) is 4.17. The Morgan fingerprint density at radius 2 is 2.05 bits per heavy atom. The molecule has 0 aliphatic carbocycles. The number of ether oxygens (including phenoxy) is 1. The normalized spacial score (nSPS) is 10.7. The van der Waals surface area contributed by atoms with E-state index in [0.717, 1.165) is 5.52 Å². The van der Waals surface area contributed by atoms with Gasteiger partial charge in [0.1, 0.15) is 5.52 Å². The van der Waals surface area contributed by atoms with Gasteiger partial charge in [-0.05, 0) is 30.3 Å². The summed E-state index contributed by atoms with van der Waals surface area (Å²) in [5.41, 5.74) is 2.50. The van der Waals surface area contributed by atoms with Crippen LogP contribution in [0, 0.1) is 0 Å². The summed E-state index contributed by atoms with van der Waals surface area (Å²) in [5, 5.41) is 0.302. The van der Waals surface area contributed by atoms with Crippen molar-refractivity contribution >= 4 is 28.7 Å². The lowest BCUT2D eigenvalue weighted by Crippen LogP contribution is -2.01. The Balaban J connectivity index is 2.06. The molecule has 0 aliphatic heterocycles. The van der Waals surface area contributed by atoms with E-state index in [9.17, 15) is 4.79 Å². The van der Waals surface area contributed by atoms with Crippen molar-refractivity contribution in [2.45, 2.75) is 0 Å². The van der Waals surface area contributed by atoms with E-state index in [2.05, 4.69) is 9.72 Å². The molecule has 0 saturated heterocycles.